The van der Waals surface area contributed by atoms with E-state index in [9.17, 15) is 0 Å². The molecule has 21 heavy (non-hydrogen) atoms. The van der Waals surface area contributed by atoms with Gasteiger partial charge in [-0.2, -0.15) is 0 Å². The Hall–Kier alpha value is -1.80. The van der Waals surface area contributed by atoms with Gasteiger partial charge in [0.25, 0.3) is 0 Å². The lowest BCUT2D eigenvalue weighted by Gasteiger charge is -2.31. The van der Waals surface area contributed by atoms with Gasteiger partial charge in [-0.05, 0) is 43.5 Å². The normalized spacial score (nSPS) is 17.7. The van der Waals surface area contributed by atoms with Crippen LogP contribution in [0.15, 0.2) is 48.5 Å². The Kier molecular flexibility index (Phi) is 4.26. The molecule has 1 aliphatic carbocycles. The minimum absolute atomic E-state index is 0.360. The van der Waals surface area contributed by atoms with Crippen molar-refractivity contribution in [2.45, 2.75) is 32.2 Å². The fourth-order valence-electron chi connectivity index (χ4n) is 2.80. The molecule has 3 rings (SSSR count). The number of aryl methyl sites for hydroxylation is 1. The third kappa shape index (κ3) is 3.45. The Morgan fingerprint density at radius 3 is 2.67 bits per heavy atom. The van der Waals surface area contributed by atoms with Crippen LogP contribution in [0.2, 0.25) is 0 Å². The molecule has 0 fully saturated rings. The average Bonchev–Trinajstić information content (AvgIpc) is 2.47. The van der Waals surface area contributed by atoms with Crippen molar-refractivity contribution in [3.8, 4) is 5.75 Å². The average molecular weight is 281 g/mol. The standard InChI is InChI=1S/C19H23NO/c1-14-7-9-18(10-8-14)21-13-15(2)20-12-17-11-16-5-3-4-6-19(16)17/h3-10,15,17,20H,11-13H2,1-2H3. The highest BCUT2D eigenvalue weighted by atomic mass is 16.5. The minimum Gasteiger partial charge on any atom is -0.492 e. The highest BCUT2D eigenvalue weighted by Crippen LogP contribution is 2.34. The van der Waals surface area contributed by atoms with Crippen LogP contribution in [-0.2, 0) is 6.42 Å². The Labute approximate surface area is 127 Å². The van der Waals surface area contributed by atoms with Crippen LogP contribution in [0.1, 0.15) is 29.5 Å². The van der Waals surface area contributed by atoms with Gasteiger partial charge in [0.05, 0.1) is 0 Å². The van der Waals surface area contributed by atoms with Crippen molar-refractivity contribution in [3.63, 3.8) is 0 Å². The molecular formula is C19H23NO. The number of fused-ring (bicyclic) bond motifs is 1. The van der Waals surface area contributed by atoms with Crippen molar-refractivity contribution >= 4 is 0 Å². The molecular weight excluding hydrogens is 258 g/mol. The van der Waals surface area contributed by atoms with Gasteiger partial charge in [0.1, 0.15) is 12.4 Å². The van der Waals surface area contributed by atoms with E-state index in [0.29, 0.717) is 18.6 Å². The number of nitrogens with one attached hydrogen (secondary N) is 1. The lowest BCUT2D eigenvalue weighted by molar-refractivity contribution is 0.270. The van der Waals surface area contributed by atoms with Gasteiger partial charge in [-0.15, -0.1) is 0 Å². The van der Waals surface area contributed by atoms with Gasteiger partial charge in [0.2, 0.25) is 0 Å². The summed E-state index contributed by atoms with van der Waals surface area (Å²) in [5, 5.41) is 3.58. The van der Waals surface area contributed by atoms with E-state index >= 15 is 0 Å². The Morgan fingerprint density at radius 1 is 1.14 bits per heavy atom. The topological polar surface area (TPSA) is 21.3 Å². The van der Waals surface area contributed by atoms with Gasteiger partial charge in [0, 0.05) is 18.5 Å². The molecule has 2 aromatic rings. The maximum absolute atomic E-state index is 5.81. The highest BCUT2D eigenvalue weighted by molar-refractivity contribution is 5.40. The predicted octanol–water partition coefficient (Wildman–Crippen LogP) is 3.69. The molecule has 0 amide bonds. The van der Waals surface area contributed by atoms with E-state index in [4.69, 9.17) is 4.74 Å². The summed E-state index contributed by atoms with van der Waals surface area (Å²) in [6.45, 7) is 6.01. The van der Waals surface area contributed by atoms with Crippen molar-refractivity contribution in [1.29, 1.82) is 0 Å². The summed E-state index contributed by atoms with van der Waals surface area (Å²) in [6.07, 6.45) is 1.20. The summed E-state index contributed by atoms with van der Waals surface area (Å²) in [4.78, 5) is 0. The lowest BCUT2D eigenvalue weighted by Crippen LogP contribution is -2.37. The van der Waals surface area contributed by atoms with Crippen LogP contribution < -0.4 is 10.1 Å². The van der Waals surface area contributed by atoms with Gasteiger partial charge in [-0.25, -0.2) is 0 Å². The van der Waals surface area contributed by atoms with Gasteiger partial charge >= 0.3 is 0 Å². The molecule has 2 atom stereocenters. The molecule has 0 saturated carbocycles. The summed E-state index contributed by atoms with van der Waals surface area (Å²) in [7, 11) is 0. The molecule has 0 radical (unpaired) electrons. The summed E-state index contributed by atoms with van der Waals surface area (Å²) in [6, 6.07) is 17.3. The van der Waals surface area contributed by atoms with Crippen molar-refractivity contribution in [2.75, 3.05) is 13.2 Å². The molecule has 0 aromatic heterocycles. The molecule has 0 aliphatic heterocycles. The van der Waals surface area contributed by atoms with Gasteiger partial charge in [0.15, 0.2) is 0 Å². The SMILES string of the molecule is Cc1ccc(OCC(C)NCC2Cc3ccccc32)cc1. The quantitative estimate of drug-likeness (QED) is 0.872. The van der Waals surface area contributed by atoms with E-state index in [1.807, 2.05) is 12.1 Å². The van der Waals surface area contributed by atoms with E-state index < -0.39 is 0 Å². The van der Waals surface area contributed by atoms with E-state index in [2.05, 4.69) is 55.6 Å². The summed E-state index contributed by atoms with van der Waals surface area (Å²) >= 11 is 0. The zero-order chi connectivity index (χ0) is 14.7. The molecule has 1 aliphatic rings. The number of hydrogen-bond donors (Lipinski definition) is 1. The fourth-order valence-corrected chi connectivity index (χ4v) is 2.80. The number of ether oxygens (including phenoxy) is 1. The van der Waals surface area contributed by atoms with Crippen LogP contribution >= 0.6 is 0 Å². The van der Waals surface area contributed by atoms with E-state index in [-0.39, 0.29) is 0 Å². The van der Waals surface area contributed by atoms with Crippen LogP contribution in [0.25, 0.3) is 0 Å². The van der Waals surface area contributed by atoms with E-state index in [0.717, 1.165) is 12.3 Å². The monoisotopic (exact) mass is 281 g/mol. The van der Waals surface area contributed by atoms with Crippen molar-refractivity contribution in [3.05, 3.63) is 65.2 Å². The van der Waals surface area contributed by atoms with Crippen LogP contribution in [0.4, 0.5) is 0 Å². The van der Waals surface area contributed by atoms with Crippen molar-refractivity contribution in [2.24, 2.45) is 0 Å². The predicted molar refractivity (Wildman–Crippen MR) is 87.0 cm³/mol. The van der Waals surface area contributed by atoms with E-state index in [1.165, 1.54) is 23.1 Å². The number of benzene rings is 2. The first kappa shape index (κ1) is 14.2. The van der Waals surface area contributed by atoms with Crippen molar-refractivity contribution in [1.82, 2.24) is 5.32 Å². The zero-order valence-electron chi connectivity index (χ0n) is 12.8. The van der Waals surface area contributed by atoms with Crippen LogP contribution in [-0.4, -0.2) is 19.2 Å². The van der Waals surface area contributed by atoms with Crippen molar-refractivity contribution < 1.29 is 4.74 Å². The molecule has 2 heteroatoms. The molecule has 2 unspecified atom stereocenters. The first-order chi connectivity index (χ1) is 10.2. The van der Waals surface area contributed by atoms with Crippen LogP contribution in [0.3, 0.4) is 0 Å². The summed E-state index contributed by atoms with van der Waals surface area (Å²) in [5.74, 6) is 1.62. The highest BCUT2D eigenvalue weighted by Gasteiger charge is 2.25. The molecule has 0 bridgehead atoms. The summed E-state index contributed by atoms with van der Waals surface area (Å²) < 4.78 is 5.81. The summed E-state index contributed by atoms with van der Waals surface area (Å²) in [5.41, 5.74) is 4.28. The molecule has 1 N–H and O–H groups in total. The smallest absolute Gasteiger partial charge is 0.119 e. The maximum atomic E-state index is 5.81. The Bertz CT molecular complexity index is 591. The second kappa shape index (κ2) is 6.31. The second-order valence-electron chi connectivity index (χ2n) is 6.03. The molecule has 0 spiro atoms. The minimum atomic E-state index is 0.360. The maximum Gasteiger partial charge on any atom is 0.119 e. The van der Waals surface area contributed by atoms with Gasteiger partial charge in [-0.3, -0.25) is 0 Å². The molecule has 0 saturated heterocycles. The number of rotatable bonds is 6. The third-order valence-electron chi connectivity index (χ3n) is 4.19. The lowest BCUT2D eigenvalue weighted by atomic mass is 9.77. The first-order valence-corrected chi connectivity index (χ1v) is 7.73. The zero-order valence-corrected chi connectivity index (χ0v) is 12.8. The molecule has 2 aromatic carbocycles. The van der Waals surface area contributed by atoms with E-state index in [1.54, 1.807) is 0 Å². The Balaban J connectivity index is 1.41. The molecule has 2 nitrogen and oxygen atoms in total. The number of hydrogen-bond acceptors (Lipinski definition) is 2. The largest absolute Gasteiger partial charge is 0.492 e. The molecule has 110 valence electrons. The second-order valence-corrected chi connectivity index (χ2v) is 6.03. The molecule has 0 heterocycles. The third-order valence-corrected chi connectivity index (χ3v) is 4.19. The Morgan fingerprint density at radius 2 is 1.90 bits per heavy atom. The van der Waals surface area contributed by atoms with Crippen LogP contribution in [0, 0.1) is 6.92 Å². The van der Waals surface area contributed by atoms with Gasteiger partial charge < -0.3 is 10.1 Å². The van der Waals surface area contributed by atoms with Crippen LogP contribution in [0.5, 0.6) is 5.75 Å². The van der Waals surface area contributed by atoms with Gasteiger partial charge in [-0.1, -0.05) is 42.0 Å². The first-order valence-electron chi connectivity index (χ1n) is 7.73. The fraction of sp³-hybridized carbons (Fsp3) is 0.368.